The van der Waals surface area contributed by atoms with Crippen LogP contribution in [0.4, 0.5) is 5.69 Å². The van der Waals surface area contributed by atoms with Gasteiger partial charge in [-0.1, -0.05) is 0 Å². The number of esters is 2. The van der Waals surface area contributed by atoms with Crippen LogP contribution in [0, 0.1) is 18.3 Å². The first-order chi connectivity index (χ1) is 12.0. The van der Waals surface area contributed by atoms with Crippen molar-refractivity contribution in [3.63, 3.8) is 0 Å². The Hall–Kier alpha value is -3.05. The Kier molecular flexibility index (Phi) is 5.62. The molecule has 0 saturated carbocycles. The smallest absolute Gasteiger partial charge is 0.355 e. The lowest BCUT2D eigenvalue weighted by Crippen LogP contribution is -2.39. The van der Waals surface area contributed by atoms with E-state index in [0.717, 1.165) is 0 Å². The molecule has 8 heteroatoms. The molecular formula is C17H18N2O6. The molecule has 2 rings (SSSR count). The first kappa shape index (κ1) is 18.3. The van der Waals surface area contributed by atoms with Gasteiger partial charge >= 0.3 is 11.9 Å². The molecule has 0 aromatic heterocycles. The van der Waals surface area contributed by atoms with E-state index in [1.54, 1.807) is 19.1 Å². The van der Waals surface area contributed by atoms with Gasteiger partial charge in [0, 0.05) is 5.56 Å². The Balaban J connectivity index is 2.74. The summed E-state index contributed by atoms with van der Waals surface area (Å²) in [7, 11) is 3.92. The molecule has 0 fully saturated rings. The third kappa shape index (κ3) is 3.27. The maximum absolute atomic E-state index is 12.3. The number of nitriles is 1. The fourth-order valence-corrected chi connectivity index (χ4v) is 2.66. The largest absolute Gasteiger partial charge is 0.496 e. The summed E-state index contributed by atoms with van der Waals surface area (Å²) >= 11 is 0. The van der Waals surface area contributed by atoms with Crippen molar-refractivity contribution < 1.29 is 28.5 Å². The summed E-state index contributed by atoms with van der Waals surface area (Å²) in [4.78, 5) is 25.8. The van der Waals surface area contributed by atoms with Crippen molar-refractivity contribution >= 4 is 17.6 Å². The fraction of sp³-hybridized carbons (Fsp3) is 0.353. The highest BCUT2D eigenvalue weighted by molar-refractivity contribution is 6.03. The van der Waals surface area contributed by atoms with Gasteiger partial charge in [0.15, 0.2) is 0 Å². The van der Waals surface area contributed by atoms with Crippen LogP contribution >= 0.6 is 0 Å². The SMILES string of the molecule is COC(=O)C1=C(C(=O)OC)N(c2c(C#N)ccc(OC)c2C)COC1. The molecule has 0 spiro atoms. The summed E-state index contributed by atoms with van der Waals surface area (Å²) < 4.78 is 20.3. The molecule has 0 unspecified atom stereocenters. The van der Waals surface area contributed by atoms with E-state index in [1.807, 2.05) is 0 Å². The first-order valence-corrected chi connectivity index (χ1v) is 7.32. The quantitative estimate of drug-likeness (QED) is 0.752. The third-order valence-electron chi connectivity index (χ3n) is 3.82. The lowest BCUT2D eigenvalue weighted by molar-refractivity contribution is -0.140. The van der Waals surface area contributed by atoms with E-state index < -0.39 is 11.9 Å². The molecule has 1 aliphatic heterocycles. The standard InChI is InChI=1S/C17H18N2O6/c1-10-13(22-2)6-5-11(7-18)14(10)19-9-25-8-12(16(20)23-3)15(19)17(21)24-4/h5-6H,8-9H2,1-4H3. The van der Waals surface area contributed by atoms with Gasteiger partial charge in [-0.25, -0.2) is 9.59 Å². The second-order valence-electron chi connectivity index (χ2n) is 5.12. The number of methoxy groups -OCH3 is 3. The zero-order chi connectivity index (χ0) is 18.6. The predicted molar refractivity (Wildman–Crippen MR) is 86.8 cm³/mol. The van der Waals surface area contributed by atoms with Crippen LogP contribution in [0.3, 0.4) is 0 Å². The molecule has 0 atom stereocenters. The van der Waals surface area contributed by atoms with Gasteiger partial charge < -0.3 is 23.8 Å². The summed E-state index contributed by atoms with van der Waals surface area (Å²) in [6.07, 6.45) is 0. The lowest BCUT2D eigenvalue weighted by atomic mass is 10.0. The number of anilines is 1. The molecule has 1 heterocycles. The van der Waals surface area contributed by atoms with Crippen LogP contribution < -0.4 is 9.64 Å². The second kappa shape index (κ2) is 7.68. The van der Waals surface area contributed by atoms with Gasteiger partial charge in [0.2, 0.25) is 0 Å². The van der Waals surface area contributed by atoms with Crippen molar-refractivity contribution in [2.45, 2.75) is 6.92 Å². The maximum Gasteiger partial charge on any atom is 0.355 e. The number of hydrogen-bond acceptors (Lipinski definition) is 8. The lowest BCUT2D eigenvalue weighted by Gasteiger charge is -2.33. The van der Waals surface area contributed by atoms with Crippen LogP contribution in [0.15, 0.2) is 23.4 Å². The summed E-state index contributed by atoms with van der Waals surface area (Å²) in [5.74, 6) is -0.901. The second-order valence-corrected chi connectivity index (χ2v) is 5.12. The highest BCUT2D eigenvalue weighted by Gasteiger charge is 2.34. The normalized spacial score (nSPS) is 14.0. The van der Waals surface area contributed by atoms with Crippen molar-refractivity contribution in [2.24, 2.45) is 0 Å². The summed E-state index contributed by atoms with van der Waals surface area (Å²) in [5.41, 5.74) is 1.33. The van der Waals surface area contributed by atoms with Crippen molar-refractivity contribution in [3.05, 3.63) is 34.5 Å². The number of nitrogens with zero attached hydrogens (tertiary/aromatic N) is 2. The molecule has 1 aromatic carbocycles. The van der Waals surface area contributed by atoms with Crippen LogP contribution in [0.2, 0.25) is 0 Å². The van der Waals surface area contributed by atoms with Gasteiger partial charge in [-0.05, 0) is 19.1 Å². The van der Waals surface area contributed by atoms with Crippen LogP contribution in [-0.2, 0) is 23.8 Å². The minimum Gasteiger partial charge on any atom is -0.496 e. The number of ether oxygens (including phenoxy) is 4. The Labute approximate surface area is 145 Å². The molecule has 1 aromatic rings. The number of carbonyl (C=O) groups is 2. The number of carbonyl (C=O) groups excluding carboxylic acids is 2. The molecule has 0 N–H and O–H groups in total. The van der Waals surface area contributed by atoms with Gasteiger partial charge in [-0.2, -0.15) is 5.26 Å². The van der Waals surface area contributed by atoms with Gasteiger partial charge in [0.25, 0.3) is 0 Å². The Bertz CT molecular complexity index is 778. The molecule has 0 saturated heterocycles. The molecule has 0 aliphatic carbocycles. The highest BCUT2D eigenvalue weighted by Crippen LogP contribution is 2.36. The summed E-state index contributed by atoms with van der Waals surface area (Å²) in [6, 6.07) is 5.31. The molecule has 0 radical (unpaired) electrons. The topological polar surface area (TPSA) is 98.1 Å². The zero-order valence-corrected chi connectivity index (χ0v) is 14.4. The average molecular weight is 346 g/mol. The summed E-state index contributed by atoms with van der Waals surface area (Å²) in [5, 5.41) is 9.46. The maximum atomic E-state index is 12.3. The van der Waals surface area contributed by atoms with Crippen molar-refractivity contribution in [3.8, 4) is 11.8 Å². The zero-order valence-electron chi connectivity index (χ0n) is 14.4. The van der Waals surface area contributed by atoms with Gasteiger partial charge in [-0.3, -0.25) is 0 Å². The summed E-state index contributed by atoms with van der Waals surface area (Å²) in [6.45, 7) is 1.61. The molecule has 1 aliphatic rings. The van der Waals surface area contributed by atoms with Crippen molar-refractivity contribution in [2.75, 3.05) is 39.6 Å². The van der Waals surface area contributed by atoms with Crippen molar-refractivity contribution in [1.29, 1.82) is 5.26 Å². The van der Waals surface area contributed by atoms with E-state index in [1.165, 1.54) is 26.2 Å². The van der Waals surface area contributed by atoms with Crippen LogP contribution in [0.25, 0.3) is 0 Å². The molecular weight excluding hydrogens is 328 g/mol. The molecule has 132 valence electrons. The number of hydrogen-bond donors (Lipinski definition) is 0. The third-order valence-corrected chi connectivity index (χ3v) is 3.82. The van der Waals surface area contributed by atoms with Gasteiger partial charge in [0.1, 0.15) is 24.2 Å². The van der Waals surface area contributed by atoms with Crippen LogP contribution in [0.5, 0.6) is 5.75 Å². The first-order valence-electron chi connectivity index (χ1n) is 7.32. The van der Waals surface area contributed by atoms with Gasteiger partial charge in [0.05, 0.1) is 44.8 Å². The van der Waals surface area contributed by atoms with E-state index >= 15 is 0 Å². The molecule has 8 nitrogen and oxygen atoms in total. The predicted octanol–water partition coefficient (Wildman–Crippen LogP) is 1.27. The Morgan fingerprint density at radius 3 is 2.44 bits per heavy atom. The van der Waals surface area contributed by atoms with E-state index in [0.29, 0.717) is 22.6 Å². The van der Waals surface area contributed by atoms with Crippen LogP contribution in [-0.4, -0.2) is 46.6 Å². The monoisotopic (exact) mass is 346 g/mol. The molecule has 0 amide bonds. The van der Waals surface area contributed by atoms with E-state index in [9.17, 15) is 14.9 Å². The highest BCUT2D eigenvalue weighted by atomic mass is 16.5. The average Bonchev–Trinajstić information content (AvgIpc) is 2.65. The van der Waals surface area contributed by atoms with E-state index in [4.69, 9.17) is 18.9 Å². The molecule has 0 bridgehead atoms. The van der Waals surface area contributed by atoms with Crippen LogP contribution in [0.1, 0.15) is 11.1 Å². The minimum absolute atomic E-state index is 0.0200. The van der Waals surface area contributed by atoms with E-state index in [2.05, 4.69) is 6.07 Å². The Morgan fingerprint density at radius 2 is 1.88 bits per heavy atom. The number of rotatable bonds is 4. The van der Waals surface area contributed by atoms with Gasteiger partial charge in [-0.15, -0.1) is 0 Å². The fourth-order valence-electron chi connectivity index (χ4n) is 2.66. The van der Waals surface area contributed by atoms with Crippen molar-refractivity contribution in [1.82, 2.24) is 0 Å². The number of benzene rings is 1. The minimum atomic E-state index is -0.727. The molecule has 25 heavy (non-hydrogen) atoms. The van der Waals surface area contributed by atoms with E-state index in [-0.39, 0.29) is 24.6 Å². The Morgan fingerprint density at radius 1 is 1.20 bits per heavy atom.